The van der Waals surface area contributed by atoms with E-state index in [4.69, 9.17) is 9.47 Å². The van der Waals surface area contributed by atoms with Crippen LogP contribution in [0.3, 0.4) is 0 Å². The lowest BCUT2D eigenvalue weighted by atomic mass is 10.1. The van der Waals surface area contributed by atoms with Crippen molar-refractivity contribution < 1.29 is 14.3 Å². The van der Waals surface area contributed by atoms with Gasteiger partial charge in [0, 0.05) is 17.4 Å². The molecule has 142 valence electrons. The minimum Gasteiger partial charge on any atom is -0.486 e. The second-order valence-electron chi connectivity index (χ2n) is 6.62. The third-order valence-corrected chi connectivity index (χ3v) is 4.68. The minimum absolute atomic E-state index is 0.282. The number of aryl methyl sites for hydroxylation is 1. The second-order valence-corrected chi connectivity index (χ2v) is 6.62. The summed E-state index contributed by atoms with van der Waals surface area (Å²) in [7, 11) is 0. The largest absolute Gasteiger partial charge is 0.486 e. The van der Waals surface area contributed by atoms with Crippen molar-refractivity contribution >= 4 is 23.0 Å². The van der Waals surface area contributed by atoms with Gasteiger partial charge in [-0.15, -0.1) is 0 Å². The summed E-state index contributed by atoms with van der Waals surface area (Å²) < 4.78 is 11.0. The highest BCUT2D eigenvalue weighted by Crippen LogP contribution is 2.32. The van der Waals surface area contributed by atoms with Gasteiger partial charge >= 0.3 is 0 Å². The molecule has 2 heterocycles. The van der Waals surface area contributed by atoms with E-state index in [1.807, 2.05) is 18.2 Å². The highest BCUT2D eigenvalue weighted by atomic mass is 16.6. The molecule has 3 aromatic rings. The van der Waals surface area contributed by atoms with Crippen LogP contribution in [0.15, 0.2) is 54.7 Å². The van der Waals surface area contributed by atoms with Gasteiger partial charge < -0.3 is 20.1 Å². The van der Waals surface area contributed by atoms with Crippen molar-refractivity contribution in [2.75, 3.05) is 23.8 Å². The molecule has 0 aliphatic carbocycles. The van der Waals surface area contributed by atoms with Gasteiger partial charge in [-0.05, 0) is 55.3 Å². The fourth-order valence-electron chi connectivity index (χ4n) is 2.96. The minimum atomic E-state index is -0.282. The summed E-state index contributed by atoms with van der Waals surface area (Å²) in [6, 6.07) is 15.0. The van der Waals surface area contributed by atoms with Gasteiger partial charge in [-0.1, -0.05) is 12.1 Å². The summed E-state index contributed by atoms with van der Waals surface area (Å²) in [6.07, 6.45) is 1.65. The number of nitrogens with zero attached hydrogens (tertiary/aromatic N) is 1. The van der Waals surface area contributed by atoms with Gasteiger partial charge in [0.25, 0.3) is 5.91 Å². The molecule has 28 heavy (non-hydrogen) atoms. The SMILES string of the molecule is Cc1cccc(Nc2ccc(C(=O)Nc3ccc4c(c3)OCCO4)nc2)c1C. The number of amides is 1. The summed E-state index contributed by atoms with van der Waals surface area (Å²) >= 11 is 0. The maximum atomic E-state index is 12.5. The first kappa shape index (κ1) is 17.9. The third-order valence-electron chi connectivity index (χ3n) is 4.68. The Kier molecular flexibility index (Phi) is 4.85. The molecule has 0 atom stereocenters. The molecule has 6 heteroatoms. The van der Waals surface area contributed by atoms with E-state index in [2.05, 4.69) is 35.5 Å². The predicted octanol–water partition coefficient (Wildman–Crippen LogP) is 4.47. The molecule has 0 fully saturated rings. The third kappa shape index (κ3) is 3.76. The molecular formula is C22H21N3O3. The number of carbonyl (C=O) groups is 1. The fraction of sp³-hybridized carbons (Fsp3) is 0.182. The van der Waals surface area contributed by atoms with Crippen molar-refractivity contribution in [3.05, 3.63) is 71.5 Å². The number of pyridine rings is 1. The lowest BCUT2D eigenvalue weighted by Crippen LogP contribution is -2.17. The zero-order valence-electron chi connectivity index (χ0n) is 15.8. The van der Waals surface area contributed by atoms with Gasteiger partial charge in [0.15, 0.2) is 11.5 Å². The highest BCUT2D eigenvalue weighted by Gasteiger charge is 2.14. The van der Waals surface area contributed by atoms with E-state index in [-0.39, 0.29) is 5.91 Å². The molecule has 1 aliphatic heterocycles. The van der Waals surface area contributed by atoms with E-state index in [9.17, 15) is 4.79 Å². The van der Waals surface area contributed by atoms with Gasteiger partial charge in [-0.3, -0.25) is 4.79 Å². The van der Waals surface area contributed by atoms with E-state index >= 15 is 0 Å². The number of aromatic nitrogens is 1. The average Bonchev–Trinajstić information content (AvgIpc) is 2.72. The summed E-state index contributed by atoms with van der Waals surface area (Å²) in [5, 5.41) is 6.18. The van der Waals surface area contributed by atoms with E-state index in [0.29, 0.717) is 36.1 Å². The number of anilines is 3. The fourth-order valence-corrected chi connectivity index (χ4v) is 2.96. The van der Waals surface area contributed by atoms with Crippen molar-refractivity contribution in [3.8, 4) is 11.5 Å². The first-order valence-corrected chi connectivity index (χ1v) is 9.10. The molecule has 0 saturated carbocycles. The number of hydrogen-bond acceptors (Lipinski definition) is 5. The number of benzene rings is 2. The normalized spacial score (nSPS) is 12.4. The number of carbonyl (C=O) groups excluding carboxylic acids is 1. The molecule has 2 aromatic carbocycles. The van der Waals surface area contributed by atoms with Crippen molar-refractivity contribution in [1.29, 1.82) is 0 Å². The maximum absolute atomic E-state index is 12.5. The predicted molar refractivity (Wildman–Crippen MR) is 109 cm³/mol. The maximum Gasteiger partial charge on any atom is 0.274 e. The second kappa shape index (κ2) is 7.60. The van der Waals surface area contributed by atoms with Gasteiger partial charge in [0.1, 0.15) is 18.9 Å². The molecule has 1 aliphatic rings. The monoisotopic (exact) mass is 375 g/mol. The Balaban J connectivity index is 1.45. The van der Waals surface area contributed by atoms with Crippen LogP contribution in [0.1, 0.15) is 21.6 Å². The molecule has 4 rings (SSSR count). The standard InChI is InChI=1S/C22H21N3O3/c1-14-4-3-5-18(15(14)2)24-17-6-8-19(23-13-17)22(26)25-16-7-9-20-21(12-16)28-11-10-27-20/h3-9,12-13,24H,10-11H2,1-2H3,(H,25,26). The molecule has 0 saturated heterocycles. The van der Waals surface area contributed by atoms with Crippen molar-refractivity contribution in [2.45, 2.75) is 13.8 Å². The first-order chi connectivity index (χ1) is 13.6. The van der Waals surface area contributed by atoms with Gasteiger partial charge in [-0.25, -0.2) is 4.98 Å². The Bertz CT molecular complexity index is 1020. The van der Waals surface area contributed by atoms with E-state index in [1.54, 1.807) is 30.5 Å². The first-order valence-electron chi connectivity index (χ1n) is 9.10. The average molecular weight is 375 g/mol. The molecular weight excluding hydrogens is 354 g/mol. The molecule has 0 bridgehead atoms. The van der Waals surface area contributed by atoms with Crippen LogP contribution in [-0.4, -0.2) is 24.1 Å². The van der Waals surface area contributed by atoms with Crippen LogP contribution < -0.4 is 20.1 Å². The summed E-state index contributed by atoms with van der Waals surface area (Å²) in [5.41, 5.74) is 5.21. The lowest BCUT2D eigenvalue weighted by molar-refractivity contribution is 0.102. The van der Waals surface area contributed by atoms with Crippen molar-refractivity contribution in [1.82, 2.24) is 4.98 Å². The number of nitrogens with one attached hydrogen (secondary N) is 2. The van der Waals surface area contributed by atoms with Crippen LogP contribution >= 0.6 is 0 Å². The summed E-state index contributed by atoms with van der Waals surface area (Å²) in [5.74, 6) is 1.03. The van der Waals surface area contributed by atoms with Gasteiger partial charge in [0.2, 0.25) is 0 Å². The Labute approximate surface area is 163 Å². The van der Waals surface area contributed by atoms with Crippen LogP contribution in [0, 0.1) is 13.8 Å². The van der Waals surface area contributed by atoms with Crippen molar-refractivity contribution in [3.63, 3.8) is 0 Å². The number of ether oxygens (including phenoxy) is 2. The molecule has 1 amide bonds. The van der Waals surface area contributed by atoms with Crippen LogP contribution in [0.4, 0.5) is 17.1 Å². The van der Waals surface area contributed by atoms with E-state index < -0.39 is 0 Å². The van der Waals surface area contributed by atoms with Crippen LogP contribution in [0.5, 0.6) is 11.5 Å². The quantitative estimate of drug-likeness (QED) is 0.704. The molecule has 0 unspecified atom stereocenters. The van der Waals surface area contributed by atoms with Crippen LogP contribution in [0.25, 0.3) is 0 Å². The van der Waals surface area contributed by atoms with Gasteiger partial charge in [0.05, 0.1) is 11.9 Å². The molecule has 1 aromatic heterocycles. The Morgan fingerprint density at radius 2 is 1.75 bits per heavy atom. The zero-order valence-corrected chi connectivity index (χ0v) is 15.8. The summed E-state index contributed by atoms with van der Waals surface area (Å²) in [4.78, 5) is 16.8. The van der Waals surface area contributed by atoms with E-state index in [1.165, 1.54) is 11.1 Å². The van der Waals surface area contributed by atoms with Crippen LogP contribution in [-0.2, 0) is 0 Å². The topological polar surface area (TPSA) is 72.5 Å². The lowest BCUT2D eigenvalue weighted by Gasteiger charge is -2.19. The molecule has 0 radical (unpaired) electrons. The number of hydrogen-bond donors (Lipinski definition) is 2. The Morgan fingerprint density at radius 3 is 2.54 bits per heavy atom. The molecule has 2 N–H and O–H groups in total. The number of fused-ring (bicyclic) bond motifs is 1. The summed E-state index contributed by atoms with van der Waals surface area (Å²) in [6.45, 7) is 5.18. The zero-order chi connectivity index (χ0) is 19.5. The van der Waals surface area contributed by atoms with Crippen LogP contribution in [0.2, 0.25) is 0 Å². The van der Waals surface area contributed by atoms with Gasteiger partial charge in [-0.2, -0.15) is 0 Å². The number of rotatable bonds is 4. The van der Waals surface area contributed by atoms with E-state index in [0.717, 1.165) is 11.4 Å². The van der Waals surface area contributed by atoms with Crippen molar-refractivity contribution in [2.24, 2.45) is 0 Å². The molecule has 0 spiro atoms. The Hall–Kier alpha value is -3.54. The molecule has 6 nitrogen and oxygen atoms in total. The Morgan fingerprint density at radius 1 is 0.964 bits per heavy atom. The highest BCUT2D eigenvalue weighted by molar-refractivity contribution is 6.03. The smallest absolute Gasteiger partial charge is 0.274 e.